The van der Waals surface area contributed by atoms with Gasteiger partial charge in [-0.1, -0.05) is 12.1 Å². The number of carbonyl (C=O) groups is 1. The van der Waals surface area contributed by atoms with Crippen molar-refractivity contribution >= 4 is 27.3 Å². The number of amides is 1. The van der Waals surface area contributed by atoms with Crippen LogP contribution in [-0.4, -0.2) is 30.4 Å². The minimum absolute atomic E-state index is 0.0213. The van der Waals surface area contributed by atoms with Crippen LogP contribution in [0.1, 0.15) is 24.7 Å². The van der Waals surface area contributed by atoms with Crippen molar-refractivity contribution in [3.63, 3.8) is 0 Å². The van der Waals surface area contributed by atoms with Gasteiger partial charge < -0.3 is 9.88 Å². The van der Waals surface area contributed by atoms with E-state index < -0.39 is 10.0 Å². The van der Waals surface area contributed by atoms with Gasteiger partial charge in [-0.3, -0.25) is 9.10 Å². The minimum atomic E-state index is -3.79. The predicted octanol–water partition coefficient (Wildman–Crippen LogP) is 1.83. The lowest BCUT2D eigenvalue weighted by Gasteiger charge is -2.31. The van der Waals surface area contributed by atoms with Crippen molar-refractivity contribution in [1.82, 2.24) is 9.55 Å². The first-order valence-corrected chi connectivity index (χ1v) is 9.17. The van der Waals surface area contributed by atoms with Gasteiger partial charge in [-0.15, -0.1) is 0 Å². The summed E-state index contributed by atoms with van der Waals surface area (Å²) in [4.78, 5) is 15.6. The van der Waals surface area contributed by atoms with Crippen LogP contribution in [0, 0.1) is 6.92 Å². The van der Waals surface area contributed by atoms with E-state index >= 15 is 0 Å². The van der Waals surface area contributed by atoms with E-state index in [1.54, 1.807) is 24.6 Å². The quantitative estimate of drug-likeness (QED) is 0.917. The molecule has 0 spiro atoms. The molecule has 1 N–H and O–H groups in total. The van der Waals surface area contributed by atoms with Gasteiger partial charge in [0.15, 0.2) is 5.03 Å². The first kappa shape index (κ1) is 16.5. The molecule has 1 aromatic carbocycles. The van der Waals surface area contributed by atoms with Crippen molar-refractivity contribution < 1.29 is 13.2 Å². The lowest BCUT2D eigenvalue weighted by molar-refractivity contribution is -0.114. The van der Waals surface area contributed by atoms with Crippen LogP contribution in [-0.2, 0) is 28.3 Å². The van der Waals surface area contributed by atoms with Crippen LogP contribution in [0.5, 0.6) is 0 Å². The van der Waals surface area contributed by atoms with Gasteiger partial charge in [0, 0.05) is 26.7 Å². The third-order valence-electron chi connectivity index (χ3n) is 4.13. The number of sulfonamides is 1. The lowest BCUT2D eigenvalue weighted by atomic mass is 10.0. The molecule has 24 heavy (non-hydrogen) atoms. The number of aromatic nitrogens is 2. The summed E-state index contributed by atoms with van der Waals surface area (Å²) in [5.74, 6) is 0.390. The van der Waals surface area contributed by atoms with Crippen molar-refractivity contribution in [2.75, 3.05) is 16.2 Å². The van der Waals surface area contributed by atoms with E-state index in [0.717, 1.165) is 18.4 Å². The molecule has 3 rings (SSSR count). The molecule has 1 amide bonds. The highest BCUT2D eigenvalue weighted by atomic mass is 32.2. The maximum Gasteiger partial charge on any atom is 0.283 e. The Morgan fingerprint density at radius 3 is 2.71 bits per heavy atom. The van der Waals surface area contributed by atoms with E-state index in [2.05, 4.69) is 10.3 Å². The number of imidazole rings is 1. The van der Waals surface area contributed by atoms with Gasteiger partial charge in [0.25, 0.3) is 10.0 Å². The molecule has 0 saturated heterocycles. The van der Waals surface area contributed by atoms with Crippen LogP contribution < -0.4 is 9.62 Å². The first-order chi connectivity index (χ1) is 11.3. The van der Waals surface area contributed by atoms with Crippen LogP contribution in [0.25, 0.3) is 0 Å². The average Bonchev–Trinajstić information content (AvgIpc) is 2.86. The predicted molar refractivity (Wildman–Crippen MR) is 91.5 cm³/mol. The van der Waals surface area contributed by atoms with E-state index in [1.807, 2.05) is 12.1 Å². The largest absolute Gasteiger partial charge is 0.337 e. The Bertz CT molecular complexity index is 883. The third-order valence-corrected chi connectivity index (χ3v) is 5.80. The highest BCUT2D eigenvalue weighted by Crippen LogP contribution is 2.37. The summed E-state index contributed by atoms with van der Waals surface area (Å²) in [7, 11) is -2.03. The van der Waals surface area contributed by atoms with E-state index in [0.29, 0.717) is 23.7 Å². The van der Waals surface area contributed by atoms with Crippen LogP contribution in [0.3, 0.4) is 0 Å². The molecule has 2 aromatic rings. The zero-order valence-corrected chi connectivity index (χ0v) is 14.7. The summed E-state index contributed by atoms with van der Waals surface area (Å²) in [5, 5.41) is 2.75. The fraction of sp³-hybridized carbons (Fsp3) is 0.375. The zero-order valence-electron chi connectivity index (χ0n) is 13.9. The molecule has 8 heteroatoms. The second kappa shape index (κ2) is 5.94. The van der Waals surface area contributed by atoms with Crippen molar-refractivity contribution in [2.24, 2.45) is 7.05 Å². The summed E-state index contributed by atoms with van der Waals surface area (Å²) in [5.41, 5.74) is 1.96. The lowest BCUT2D eigenvalue weighted by Crippen LogP contribution is -2.36. The molecule has 0 unspecified atom stereocenters. The zero-order chi connectivity index (χ0) is 17.5. The Balaban J connectivity index is 2.13. The van der Waals surface area contributed by atoms with Crippen molar-refractivity contribution in [2.45, 2.75) is 31.7 Å². The first-order valence-electron chi connectivity index (χ1n) is 7.73. The SMILES string of the molecule is CC(=O)Nc1cccc2c1N(S(=O)(=O)c1cn(C)c(C)n1)CCC2. The minimum Gasteiger partial charge on any atom is -0.337 e. The number of para-hydroxylation sites is 1. The van der Waals surface area contributed by atoms with Gasteiger partial charge in [0.2, 0.25) is 5.91 Å². The molecule has 1 aliphatic rings. The van der Waals surface area contributed by atoms with Crippen LogP contribution in [0.15, 0.2) is 29.4 Å². The molecule has 1 aromatic heterocycles. The molecule has 0 atom stereocenters. The number of nitrogens with one attached hydrogen (secondary N) is 1. The summed E-state index contributed by atoms with van der Waals surface area (Å²) in [6, 6.07) is 5.44. The van der Waals surface area contributed by atoms with Crippen molar-refractivity contribution in [3.05, 3.63) is 35.8 Å². The molecule has 0 saturated carbocycles. The Morgan fingerprint density at radius 1 is 1.33 bits per heavy atom. The van der Waals surface area contributed by atoms with Crippen LogP contribution in [0.4, 0.5) is 11.4 Å². The van der Waals surface area contributed by atoms with E-state index in [1.165, 1.54) is 17.4 Å². The van der Waals surface area contributed by atoms with Crippen molar-refractivity contribution in [3.8, 4) is 0 Å². The number of rotatable bonds is 3. The number of anilines is 2. The fourth-order valence-corrected chi connectivity index (χ4v) is 4.50. The smallest absolute Gasteiger partial charge is 0.283 e. The molecule has 7 nitrogen and oxygen atoms in total. The molecule has 128 valence electrons. The summed E-state index contributed by atoms with van der Waals surface area (Å²) < 4.78 is 29.2. The van der Waals surface area contributed by atoms with Gasteiger partial charge in [0.1, 0.15) is 5.82 Å². The van der Waals surface area contributed by atoms with Gasteiger partial charge >= 0.3 is 0 Å². The second-order valence-corrected chi connectivity index (χ2v) is 7.72. The number of hydrogen-bond donors (Lipinski definition) is 1. The summed E-state index contributed by atoms with van der Waals surface area (Å²) in [6.07, 6.45) is 3.01. The number of fused-ring (bicyclic) bond motifs is 1. The maximum absolute atomic E-state index is 13.1. The maximum atomic E-state index is 13.1. The van der Waals surface area contributed by atoms with Gasteiger partial charge in [-0.25, -0.2) is 4.98 Å². The van der Waals surface area contributed by atoms with Gasteiger partial charge in [-0.05, 0) is 31.4 Å². The van der Waals surface area contributed by atoms with E-state index in [-0.39, 0.29) is 10.9 Å². The molecular weight excluding hydrogens is 328 g/mol. The number of carbonyl (C=O) groups excluding carboxylic acids is 1. The normalized spacial score (nSPS) is 14.4. The Kier molecular flexibility index (Phi) is 4.08. The van der Waals surface area contributed by atoms with Crippen LogP contribution in [0.2, 0.25) is 0 Å². The number of aryl methyl sites for hydroxylation is 3. The third kappa shape index (κ3) is 2.77. The Morgan fingerprint density at radius 2 is 2.08 bits per heavy atom. The average molecular weight is 348 g/mol. The van der Waals surface area contributed by atoms with Crippen molar-refractivity contribution in [1.29, 1.82) is 0 Å². The molecule has 0 fully saturated rings. The number of hydrogen-bond acceptors (Lipinski definition) is 4. The van der Waals surface area contributed by atoms with Crippen LogP contribution >= 0.6 is 0 Å². The number of benzene rings is 1. The van der Waals surface area contributed by atoms with Gasteiger partial charge in [0.05, 0.1) is 11.4 Å². The summed E-state index contributed by atoms with van der Waals surface area (Å²) in [6.45, 7) is 3.52. The topological polar surface area (TPSA) is 84.3 Å². The summed E-state index contributed by atoms with van der Waals surface area (Å²) >= 11 is 0. The van der Waals surface area contributed by atoms with Gasteiger partial charge in [-0.2, -0.15) is 8.42 Å². The Hall–Kier alpha value is -2.35. The second-order valence-electron chi connectivity index (χ2n) is 5.91. The molecule has 0 aliphatic carbocycles. The monoisotopic (exact) mass is 348 g/mol. The Labute approximate surface area is 141 Å². The number of nitrogens with zero attached hydrogens (tertiary/aromatic N) is 3. The molecule has 1 aliphatic heterocycles. The fourth-order valence-electron chi connectivity index (χ4n) is 2.91. The molecular formula is C16H20N4O3S. The standard InChI is InChI=1S/C16H20N4O3S/c1-11-17-15(10-19(11)3)24(22,23)20-9-5-7-13-6-4-8-14(16(13)20)18-12(2)21/h4,6,8,10H,5,7,9H2,1-3H3,(H,18,21). The highest BCUT2D eigenvalue weighted by molar-refractivity contribution is 7.92. The molecule has 0 radical (unpaired) electrons. The van der Waals surface area contributed by atoms with E-state index in [9.17, 15) is 13.2 Å². The van der Waals surface area contributed by atoms with E-state index in [4.69, 9.17) is 0 Å². The molecule has 0 bridgehead atoms. The highest BCUT2D eigenvalue weighted by Gasteiger charge is 2.33. The molecule has 2 heterocycles.